The summed E-state index contributed by atoms with van der Waals surface area (Å²) in [6.07, 6.45) is 4.90. The molecular formula is C35H44F2N8O3. The topological polar surface area (TPSA) is 115 Å². The molecule has 13 heteroatoms. The van der Waals surface area contributed by atoms with Crippen LogP contribution in [0.2, 0.25) is 0 Å². The summed E-state index contributed by atoms with van der Waals surface area (Å²) >= 11 is 0. The van der Waals surface area contributed by atoms with E-state index in [9.17, 15) is 9.18 Å². The van der Waals surface area contributed by atoms with Gasteiger partial charge in [-0.1, -0.05) is 0 Å². The van der Waals surface area contributed by atoms with E-state index < -0.39 is 17.6 Å². The number of carbonyl (C=O) groups excluding carboxylic acids is 1. The zero-order valence-corrected chi connectivity index (χ0v) is 28.0. The SMILES string of the molecule is Cc1cc(N)c(F)c2c1CCCC21Cc2nc(OCC34CCCN3CC(F)C4)nc(N3CCCn4nc(C(=O)N(C)C)cc4C3)c2CO1. The quantitative estimate of drug-likeness (QED) is 0.404. The molecule has 0 bridgehead atoms. The van der Waals surface area contributed by atoms with Crippen molar-refractivity contribution in [2.45, 2.75) is 95.3 Å². The third kappa shape index (κ3) is 5.12. The van der Waals surface area contributed by atoms with Crippen LogP contribution in [0.1, 0.15) is 82.7 Å². The Kier molecular flexibility index (Phi) is 7.63. The molecule has 3 unspecified atom stereocenters. The molecule has 2 saturated heterocycles. The van der Waals surface area contributed by atoms with E-state index in [4.69, 9.17) is 25.2 Å². The van der Waals surface area contributed by atoms with Crippen LogP contribution in [0, 0.1) is 12.7 Å². The number of halogens is 2. The number of amides is 1. The molecule has 4 aliphatic heterocycles. The molecule has 2 N–H and O–H groups in total. The predicted molar refractivity (Wildman–Crippen MR) is 175 cm³/mol. The van der Waals surface area contributed by atoms with E-state index in [-0.39, 0.29) is 29.8 Å². The maximum absolute atomic E-state index is 15.9. The zero-order chi connectivity index (χ0) is 33.4. The minimum Gasteiger partial charge on any atom is -0.461 e. The van der Waals surface area contributed by atoms with Gasteiger partial charge in [0.15, 0.2) is 11.5 Å². The first kappa shape index (κ1) is 31.4. The van der Waals surface area contributed by atoms with Gasteiger partial charge in [0, 0.05) is 57.7 Å². The molecule has 48 heavy (non-hydrogen) atoms. The molecule has 1 spiro atoms. The number of alkyl halides is 1. The van der Waals surface area contributed by atoms with Crippen LogP contribution in [0.5, 0.6) is 6.01 Å². The maximum atomic E-state index is 15.9. The van der Waals surface area contributed by atoms with E-state index >= 15 is 4.39 Å². The highest BCUT2D eigenvalue weighted by Crippen LogP contribution is 2.49. The van der Waals surface area contributed by atoms with Gasteiger partial charge in [0.1, 0.15) is 24.2 Å². The first-order chi connectivity index (χ1) is 23.1. The number of carbonyl (C=O) groups is 1. The van der Waals surface area contributed by atoms with Gasteiger partial charge in [-0.05, 0) is 75.3 Å². The van der Waals surface area contributed by atoms with Gasteiger partial charge in [0.2, 0.25) is 0 Å². The van der Waals surface area contributed by atoms with Gasteiger partial charge in [0.25, 0.3) is 5.91 Å². The number of aryl methyl sites for hydroxylation is 2. The molecule has 256 valence electrons. The Balaban J connectivity index is 1.18. The number of nitrogens with zero attached hydrogens (tertiary/aromatic N) is 7. The fraction of sp³-hybridized carbons (Fsp3) is 0.600. The fourth-order valence-corrected chi connectivity index (χ4v) is 8.92. The number of aromatic nitrogens is 4. The van der Waals surface area contributed by atoms with Gasteiger partial charge in [-0.2, -0.15) is 15.1 Å². The van der Waals surface area contributed by atoms with Gasteiger partial charge >= 0.3 is 6.01 Å². The number of nitrogen functional groups attached to an aromatic ring is 1. The summed E-state index contributed by atoms with van der Waals surface area (Å²) in [5, 5.41) is 4.61. The fourth-order valence-electron chi connectivity index (χ4n) is 8.92. The van der Waals surface area contributed by atoms with Crippen molar-refractivity contribution in [2.75, 3.05) is 51.0 Å². The molecule has 8 rings (SSSR count). The monoisotopic (exact) mass is 662 g/mol. The second kappa shape index (κ2) is 11.6. The summed E-state index contributed by atoms with van der Waals surface area (Å²) in [7, 11) is 3.44. The van der Waals surface area contributed by atoms with Gasteiger partial charge in [-0.15, -0.1) is 0 Å². The highest BCUT2D eigenvalue weighted by molar-refractivity contribution is 5.92. The minimum atomic E-state index is -0.902. The minimum absolute atomic E-state index is 0.130. The predicted octanol–water partition coefficient (Wildman–Crippen LogP) is 4.07. The van der Waals surface area contributed by atoms with Gasteiger partial charge in [-0.25, -0.2) is 8.78 Å². The van der Waals surface area contributed by atoms with E-state index in [2.05, 4.69) is 14.9 Å². The highest BCUT2D eigenvalue weighted by Gasteiger charge is 2.50. The summed E-state index contributed by atoms with van der Waals surface area (Å²) in [5.41, 5.74) is 10.5. The Bertz CT molecular complexity index is 1780. The lowest BCUT2D eigenvalue weighted by Crippen LogP contribution is -2.44. The number of anilines is 2. The third-order valence-corrected chi connectivity index (χ3v) is 11.3. The maximum Gasteiger partial charge on any atom is 0.318 e. The molecule has 1 aliphatic carbocycles. The van der Waals surface area contributed by atoms with Crippen molar-refractivity contribution < 1.29 is 23.0 Å². The van der Waals surface area contributed by atoms with Crippen molar-refractivity contribution in [2.24, 2.45) is 0 Å². The summed E-state index contributed by atoms with van der Waals surface area (Å²) in [6, 6.07) is 3.81. The smallest absolute Gasteiger partial charge is 0.318 e. The molecule has 3 atom stereocenters. The lowest BCUT2D eigenvalue weighted by atomic mass is 9.73. The molecular weight excluding hydrogens is 618 g/mol. The average Bonchev–Trinajstić information content (AvgIpc) is 3.68. The summed E-state index contributed by atoms with van der Waals surface area (Å²) in [6.45, 7) is 5.65. The lowest BCUT2D eigenvalue weighted by molar-refractivity contribution is -0.0877. The van der Waals surface area contributed by atoms with Gasteiger partial charge in [0.05, 0.1) is 35.8 Å². The molecule has 2 aromatic heterocycles. The summed E-state index contributed by atoms with van der Waals surface area (Å²) in [5.74, 6) is 0.154. The van der Waals surface area contributed by atoms with Crippen LogP contribution in [0.3, 0.4) is 0 Å². The van der Waals surface area contributed by atoms with Crippen molar-refractivity contribution >= 4 is 17.4 Å². The van der Waals surface area contributed by atoms with Crippen molar-refractivity contribution in [3.63, 3.8) is 0 Å². The molecule has 11 nitrogen and oxygen atoms in total. The number of benzene rings is 1. The molecule has 6 heterocycles. The van der Waals surface area contributed by atoms with Crippen LogP contribution in [-0.2, 0) is 42.9 Å². The molecule has 0 saturated carbocycles. The third-order valence-electron chi connectivity index (χ3n) is 11.3. The van der Waals surface area contributed by atoms with Crippen LogP contribution < -0.4 is 15.4 Å². The normalized spacial score (nSPS) is 26.5. The van der Waals surface area contributed by atoms with Crippen molar-refractivity contribution in [1.82, 2.24) is 29.5 Å². The molecule has 1 amide bonds. The van der Waals surface area contributed by atoms with Crippen LogP contribution in [0.15, 0.2) is 12.1 Å². The molecule has 2 fully saturated rings. The number of nitrogens with two attached hydrogens (primary N) is 1. The van der Waals surface area contributed by atoms with Crippen LogP contribution in [0.25, 0.3) is 0 Å². The Labute approximate surface area is 279 Å². The van der Waals surface area contributed by atoms with E-state index in [1.165, 1.54) is 4.90 Å². The van der Waals surface area contributed by atoms with Gasteiger partial charge in [-0.3, -0.25) is 14.4 Å². The van der Waals surface area contributed by atoms with E-state index in [0.29, 0.717) is 69.1 Å². The molecule has 3 aromatic rings. The number of ether oxygens (including phenoxy) is 2. The molecule has 0 radical (unpaired) electrons. The second-order valence-corrected chi connectivity index (χ2v) is 14.6. The Morgan fingerprint density at radius 1 is 1.15 bits per heavy atom. The average molecular weight is 663 g/mol. The van der Waals surface area contributed by atoms with Crippen molar-refractivity contribution in [3.8, 4) is 6.01 Å². The lowest BCUT2D eigenvalue weighted by Gasteiger charge is -2.43. The summed E-state index contributed by atoms with van der Waals surface area (Å²) < 4.78 is 45.6. The van der Waals surface area contributed by atoms with Crippen molar-refractivity contribution in [3.05, 3.63) is 57.3 Å². The Morgan fingerprint density at radius 3 is 2.83 bits per heavy atom. The number of fused-ring (bicyclic) bond motifs is 5. The van der Waals surface area contributed by atoms with E-state index in [0.717, 1.165) is 66.7 Å². The van der Waals surface area contributed by atoms with Crippen LogP contribution in [0.4, 0.5) is 20.3 Å². The first-order valence-electron chi connectivity index (χ1n) is 17.2. The van der Waals surface area contributed by atoms with E-state index in [1.54, 1.807) is 20.2 Å². The Hall–Kier alpha value is -3.84. The first-order valence-corrected chi connectivity index (χ1v) is 17.2. The number of rotatable bonds is 5. The summed E-state index contributed by atoms with van der Waals surface area (Å²) in [4.78, 5) is 28.7. The van der Waals surface area contributed by atoms with Crippen LogP contribution in [-0.4, -0.2) is 87.5 Å². The molecule has 5 aliphatic rings. The second-order valence-electron chi connectivity index (χ2n) is 14.6. The highest BCUT2D eigenvalue weighted by atomic mass is 19.1. The van der Waals surface area contributed by atoms with Gasteiger partial charge < -0.3 is 25.0 Å². The standard InChI is InChI=1S/C35H44F2N8O3/c1-21-13-26(38)30(37)29-24(21)7-4-9-35(29)16-28-25(19-48-35)31(40-33(39-28)47-20-34-8-5-11-44(34)17-22(36)15-34)43-10-6-12-45-23(18-43)14-27(41-45)32(46)42(2)3/h13-14,22H,4-12,15-20,38H2,1-3H3. The largest absolute Gasteiger partial charge is 0.461 e. The van der Waals surface area contributed by atoms with E-state index in [1.807, 2.05) is 17.7 Å². The number of hydrogen-bond acceptors (Lipinski definition) is 9. The van der Waals surface area contributed by atoms with Crippen LogP contribution >= 0.6 is 0 Å². The zero-order valence-electron chi connectivity index (χ0n) is 28.0. The Morgan fingerprint density at radius 2 is 2.00 bits per heavy atom. The van der Waals surface area contributed by atoms with Crippen molar-refractivity contribution in [1.29, 1.82) is 0 Å². The molecule has 1 aromatic carbocycles. The number of hydrogen-bond donors (Lipinski definition) is 1.